The SMILES string of the molecule is O=C1CCC(N2C(=O)c3ccc(NCC4NCC45CCOCC5)cc3C2=O)C(=O)N1. The number of nitrogens with zero attached hydrogens (tertiary/aromatic N) is 1. The normalized spacial score (nSPS) is 27.7. The van der Waals surface area contributed by atoms with Gasteiger partial charge in [0.25, 0.3) is 11.8 Å². The minimum Gasteiger partial charge on any atom is -0.383 e. The second-order valence-corrected chi connectivity index (χ2v) is 8.50. The number of rotatable bonds is 4. The molecular formula is C21H24N4O5. The summed E-state index contributed by atoms with van der Waals surface area (Å²) in [5.74, 6) is -1.96. The van der Waals surface area contributed by atoms with Crippen LogP contribution in [0.1, 0.15) is 46.4 Å². The van der Waals surface area contributed by atoms with E-state index in [0.29, 0.717) is 6.04 Å². The highest BCUT2D eigenvalue weighted by Crippen LogP contribution is 2.39. The largest absolute Gasteiger partial charge is 0.383 e. The molecule has 1 aromatic carbocycles. The molecule has 2 atom stereocenters. The number of amides is 4. The minimum atomic E-state index is -0.945. The van der Waals surface area contributed by atoms with Crippen molar-refractivity contribution in [3.05, 3.63) is 29.3 Å². The van der Waals surface area contributed by atoms with E-state index in [4.69, 9.17) is 4.74 Å². The Morgan fingerprint density at radius 3 is 2.57 bits per heavy atom. The van der Waals surface area contributed by atoms with Crippen LogP contribution in [0.15, 0.2) is 18.2 Å². The maximum atomic E-state index is 12.9. The first-order valence-electron chi connectivity index (χ1n) is 10.4. The van der Waals surface area contributed by atoms with E-state index in [9.17, 15) is 19.2 Å². The van der Waals surface area contributed by atoms with Crippen molar-refractivity contribution >= 4 is 29.3 Å². The number of hydrogen-bond donors (Lipinski definition) is 3. The van der Waals surface area contributed by atoms with Crippen molar-refractivity contribution in [3.8, 4) is 0 Å². The number of fused-ring (bicyclic) bond motifs is 1. The third-order valence-electron chi connectivity index (χ3n) is 6.88. The molecule has 4 heterocycles. The van der Waals surface area contributed by atoms with Gasteiger partial charge in [-0.15, -0.1) is 0 Å². The Morgan fingerprint density at radius 2 is 1.87 bits per heavy atom. The molecule has 0 radical (unpaired) electrons. The minimum absolute atomic E-state index is 0.109. The Bertz CT molecular complexity index is 939. The molecule has 158 valence electrons. The van der Waals surface area contributed by atoms with E-state index in [1.807, 2.05) is 0 Å². The number of benzene rings is 1. The molecule has 3 saturated heterocycles. The van der Waals surface area contributed by atoms with Crippen molar-refractivity contribution in [1.82, 2.24) is 15.5 Å². The van der Waals surface area contributed by atoms with E-state index in [1.165, 1.54) is 0 Å². The van der Waals surface area contributed by atoms with Crippen LogP contribution in [-0.4, -0.2) is 66.9 Å². The first-order chi connectivity index (χ1) is 14.5. The number of carbonyl (C=O) groups is 4. The molecular weight excluding hydrogens is 388 g/mol. The first kappa shape index (κ1) is 19.2. The Kier molecular flexibility index (Phi) is 4.59. The summed E-state index contributed by atoms with van der Waals surface area (Å²) in [5.41, 5.74) is 1.61. The molecule has 9 heteroatoms. The molecule has 4 aliphatic heterocycles. The molecule has 4 aliphatic rings. The molecule has 0 saturated carbocycles. The van der Waals surface area contributed by atoms with Crippen LogP contribution in [0.3, 0.4) is 0 Å². The lowest BCUT2D eigenvalue weighted by Gasteiger charge is -2.52. The van der Waals surface area contributed by atoms with Gasteiger partial charge in [-0.3, -0.25) is 29.4 Å². The zero-order chi connectivity index (χ0) is 20.9. The zero-order valence-corrected chi connectivity index (χ0v) is 16.5. The van der Waals surface area contributed by atoms with Gasteiger partial charge in [-0.05, 0) is 37.5 Å². The highest BCUT2D eigenvalue weighted by Gasteiger charge is 2.47. The van der Waals surface area contributed by atoms with E-state index in [2.05, 4.69) is 16.0 Å². The molecule has 3 N–H and O–H groups in total. The molecule has 0 aliphatic carbocycles. The topological polar surface area (TPSA) is 117 Å². The van der Waals surface area contributed by atoms with Gasteiger partial charge in [-0.25, -0.2) is 0 Å². The second kappa shape index (κ2) is 7.17. The van der Waals surface area contributed by atoms with Crippen molar-refractivity contribution in [2.24, 2.45) is 5.41 Å². The third kappa shape index (κ3) is 3.00. The summed E-state index contributed by atoms with van der Waals surface area (Å²) in [5, 5.41) is 9.07. The Balaban J connectivity index is 1.29. The Morgan fingerprint density at radius 1 is 1.10 bits per heavy atom. The van der Waals surface area contributed by atoms with Crippen LogP contribution < -0.4 is 16.0 Å². The molecule has 3 fully saturated rings. The average molecular weight is 412 g/mol. The fraction of sp³-hybridized carbons (Fsp3) is 0.524. The lowest BCUT2D eigenvalue weighted by Crippen LogP contribution is -2.66. The Hall–Kier alpha value is -2.78. The van der Waals surface area contributed by atoms with Crippen molar-refractivity contribution in [3.63, 3.8) is 0 Å². The number of nitrogens with one attached hydrogen (secondary N) is 3. The monoisotopic (exact) mass is 412 g/mol. The maximum absolute atomic E-state index is 12.9. The molecule has 9 nitrogen and oxygen atoms in total. The van der Waals surface area contributed by atoms with Crippen LogP contribution in [0.4, 0.5) is 5.69 Å². The number of imide groups is 2. The standard InChI is InChI=1S/C21H24N4O5/c26-17-4-3-15(18(27)24-17)25-19(28)13-2-1-12(9-14(13)20(25)29)22-10-16-21(11-23-16)5-7-30-8-6-21/h1-2,9,15-16,22-23H,3-8,10-11H2,(H,24,26,27). The summed E-state index contributed by atoms with van der Waals surface area (Å²) in [6, 6.07) is 4.48. The summed E-state index contributed by atoms with van der Waals surface area (Å²) >= 11 is 0. The van der Waals surface area contributed by atoms with Crippen LogP contribution in [0.2, 0.25) is 0 Å². The van der Waals surface area contributed by atoms with Crippen LogP contribution in [-0.2, 0) is 14.3 Å². The smallest absolute Gasteiger partial charge is 0.262 e. The van der Waals surface area contributed by atoms with Crippen molar-refractivity contribution in [1.29, 1.82) is 0 Å². The second-order valence-electron chi connectivity index (χ2n) is 8.50. The van der Waals surface area contributed by atoms with Gasteiger partial charge in [0.1, 0.15) is 6.04 Å². The first-order valence-corrected chi connectivity index (χ1v) is 10.4. The van der Waals surface area contributed by atoms with E-state index in [0.717, 1.165) is 49.7 Å². The molecule has 2 unspecified atom stereocenters. The number of piperidine rings is 1. The van der Waals surface area contributed by atoms with Crippen molar-refractivity contribution < 1.29 is 23.9 Å². The van der Waals surface area contributed by atoms with Gasteiger partial charge in [-0.1, -0.05) is 0 Å². The van der Waals surface area contributed by atoms with Crippen LogP contribution in [0.5, 0.6) is 0 Å². The van der Waals surface area contributed by atoms with Gasteiger partial charge in [0.2, 0.25) is 11.8 Å². The fourth-order valence-electron chi connectivity index (χ4n) is 4.93. The molecule has 30 heavy (non-hydrogen) atoms. The molecule has 0 aromatic heterocycles. The van der Waals surface area contributed by atoms with Gasteiger partial charge in [0.05, 0.1) is 11.1 Å². The molecule has 0 bridgehead atoms. The maximum Gasteiger partial charge on any atom is 0.262 e. The van der Waals surface area contributed by atoms with Gasteiger partial charge >= 0.3 is 0 Å². The molecule has 5 rings (SSSR count). The zero-order valence-electron chi connectivity index (χ0n) is 16.5. The number of carbonyl (C=O) groups excluding carboxylic acids is 4. The van der Waals surface area contributed by atoms with Crippen LogP contribution in [0.25, 0.3) is 0 Å². The van der Waals surface area contributed by atoms with E-state index < -0.39 is 23.8 Å². The summed E-state index contributed by atoms with van der Waals surface area (Å²) in [6.45, 7) is 3.31. The van der Waals surface area contributed by atoms with E-state index >= 15 is 0 Å². The number of anilines is 1. The molecule has 1 spiro atoms. The summed E-state index contributed by atoms with van der Waals surface area (Å²) < 4.78 is 5.49. The van der Waals surface area contributed by atoms with E-state index in [-0.39, 0.29) is 35.3 Å². The highest BCUT2D eigenvalue weighted by molar-refractivity contribution is 6.23. The van der Waals surface area contributed by atoms with Crippen LogP contribution in [0, 0.1) is 5.41 Å². The quantitative estimate of drug-likeness (QED) is 0.608. The summed E-state index contributed by atoms with van der Waals surface area (Å²) in [7, 11) is 0. The predicted octanol–water partition coefficient (Wildman–Crippen LogP) is 0.268. The third-order valence-corrected chi connectivity index (χ3v) is 6.88. The van der Waals surface area contributed by atoms with Crippen LogP contribution >= 0.6 is 0 Å². The lowest BCUT2D eigenvalue weighted by molar-refractivity contribution is -0.136. The van der Waals surface area contributed by atoms with Crippen molar-refractivity contribution in [2.75, 3.05) is 31.6 Å². The van der Waals surface area contributed by atoms with Crippen molar-refractivity contribution in [2.45, 2.75) is 37.8 Å². The van der Waals surface area contributed by atoms with Gasteiger partial charge in [-0.2, -0.15) is 0 Å². The van der Waals surface area contributed by atoms with Gasteiger partial charge in [0, 0.05) is 49.9 Å². The van der Waals surface area contributed by atoms with E-state index in [1.54, 1.807) is 18.2 Å². The predicted molar refractivity (Wildman–Crippen MR) is 106 cm³/mol. The highest BCUT2D eigenvalue weighted by atomic mass is 16.5. The fourth-order valence-corrected chi connectivity index (χ4v) is 4.93. The summed E-state index contributed by atoms with van der Waals surface area (Å²) in [6.07, 6.45) is 2.35. The number of hydrogen-bond acceptors (Lipinski definition) is 7. The number of ether oxygens (including phenoxy) is 1. The lowest BCUT2D eigenvalue weighted by atomic mass is 9.68. The van der Waals surface area contributed by atoms with Gasteiger partial charge in [0.15, 0.2) is 0 Å². The van der Waals surface area contributed by atoms with Gasteiger partial charge < -0.3 is 15.4 Å². The Labute approximate surface area is 173 Å². The molecule has 1 aromatic rings. The summed E-state index contributed by atoms with van der Waals surface area (Å²) in [4.78, 5) is 50.2. The average Bonchev–Trinajstić information content (AvgIpc) is 2.98. The molecule has 4 amide bonds.